The zero-order valence-corrected chi connectivity index (χ0v) is 17.3. The van der Waals surface area contributed by atoms with E-state index in [2.05, 4.69) is 15.5 Å². The third-order valence-corrected chi connectivity index (χ3v) is 5.23. The van der Waals surface area contributed by atoms with E-state index < -0.39 is 0 Å². The van der Waals surface area contributed by atoms with E-state index >= 15 is 0 Å². The summed E-state index contributed by atoms with van der Waals surface area (Å²) in [7, 11) is 1.52. The Morgan fingerprint density at radius 1 is 1.29 bits per heavy atom. The quantitative estimate of drug-likeness (QED) is 0.484. The summed E-state index contributed by atoms with van der Waals surface area (Å²) in [4.78, 5) is 17.5. The van der Waals surface area contributed by atoms with Crippen LogP contribution in [0.2, 0.25) is 0 Å². The maximum absolute atomic E-state index is 14.7. The van der Waals surface area contributed by atoms with Gasteiger partial charge in [0.2, 0.25) is 11.8 Å². The molecule has 2 heterocycles. The second kappa shape index (κ2) is 9.09. The predicted molar refractivity (Wildman–Crippen MR) is 115 cm³/mol. The smallest absolute Gasteiger partial charge is 0.253 e. The molecule has 31 heavy (non-hydrogen) atoms. The molecular weight excluding hydrogens is 399 g/mol. The van der Waals surface area contributed by atoms with Crippen molar-refractivity contribution in [1.29, 1.82) is 0 Å². The molecule has 1 amide bonds. The van der Waals surface area contributed by atoms with E-state index in [0.717, 1.165) is 11.1 Å². The standard InChI is InChI=1S/C23H23FN4O3/c1-15(17-8-9-18(19(24)10-17)16-6-4-3-5-7-16)20-11-22(31-27-20)26-23(30-2)13-28-12-21(29)25-14-28/h3-11,15H,12-14H2,1-2H3,(H,25,29). The van der Waals surface area contributed by atoms with Crippen LogP contribution in [0.5, 0.6) is 0 Å². The highest BCUT2D eigenvalue weighted by Gasteiger charge is 2.21. The van der Waals surface area contributed by atoms with Crippen LogP contribution in [-0.4, -0.2) is 48.7 Å². The van der Waals surface area contributed by atoms with Gasteiger partial charge in [0.15, 0.2) is 0 Å². The molecular formula is C23H23FN4O3. The lowest BCUT2D eigenvalue weighted by atomic mass is 9.95. The number of benzene rings is 2. The predicted octanol–water partition coefficient (Wildman–Crippen LogP) is 3.70. The van der Waals surface area contributed by atoms with Gasteiger partial charge in [-0.2, -0.15) is 4.99 Å². The Bertz CT molecular complexity index is 1100. The highest BCUT2D eigenvalue weighted by Crippen LogP contribution is 2.30. The molecule has 8 heteroatoms. The molecule has 4 rings (SSSR count). The highest BCUT2D eigenvalue weighted by molar-refractivity contribution is 5.83. The van der Waals surface area contributed by atoms with E-state index in [1.807, 2.05) is 48.2 Å². The molecule has 0 aliphatic carbocycles. The van der Waals surface area contributed by atoms with Crippen LogP contribution in [-0.2, 0) is 9.53 Å². The van der Waals surface area contributed by atoms with Gasteiger partial charge in [0.25, 0.3) is 5.88 Å². The van der Waals surface area contributed by atoms with Crippen molar-refractivity contribution in [3.05, 3.63) is 71.7 Å². The Balaban J connectivity index is 1.49. The summed E-state index contributed by atoms with van der Waals surface area (Å²) in [6.45, 7) is 3.05. The second-order valence-corrected chi connectivity index (χ2v) is 7.37. The fourth-order valence-corrected chi connectivity index (χ4v) is 3.45. The first kappa shape index (κ1) is 20.7. The third kappa shape index (κ3) is 4.80. The average Bonchev–Trinajstić information content (AvgIpc) is 3.42. The minimum Gasteiger partial charge on any atom is -0.483 e. The summed E-state index contributed by atoms with van der Waals surface area (Å²) in [5, 5.41) is 6.82. The Morgan fingerprint density at radius 2 is 2.10 bits per heavy atom. The molecule has 7 nitrogen and oxygen atoms in total. The van der Waals surface area contributed by atoms with Crippen LogP contribution in [0.25, 0.3) is 11.1 Å². The maximum Gasteiger partial charge on any atom is 0.253 e. The lowest BCUT2D eigenvalue weighted by Gasteiger charge is -2.12. The highest BCUT2D eigenvalue weighted by atomic mass is 19.1. The van der Waals surface area contributed by atoms with Crippen LogP contribution in [0, 0.1) is 5.82 Å². The number of nitrogens with zero attached hydrogens (tertiary/aromatic N) is 3. The normalized spacial score (nSPS) is 15.7. The maximum atomic E-state index is 14.7. The van der Waals surface area contributed by atoms with Crippen molar-refractivity contribution < 1.29 is 18.4 Å². The average molecular weight is 422 g/mol. The van der Waals surface area contributed by atoms with Gasteiger partial charge in [0.05, 0.1) is 32.6 Å². The van der Waals surface area contributed by atoms with Crippen LogP contribution >= 0.6 is 0 Å². The van der Waals surface area contributed by atoms with Crippen LogP contribution in [0.15, 0.2) is 64.1 Å². The van der Waals surface area contributed by atoms with Crippen molar-refractivity contribution >= 4 is 17.7 Å². The van der Waals surface area contributed by atoms with Gasteiger partial charge in [0, 0.05) is 17.5 Å². The first-order chi connectivity index (χ1) is 15.0. The van der Waals surface area contributed by atoms with E-state index in [4.69, 9.17) is 9.26 Å². The minimum absolute atomic E-state index is 0.0308. The summed E-state index contributed by atoms with van der Waals surface area (Å²) in [5.74, 6) is 0.201. The molecule has 1 fully saturated rings. The molecule has 1 unspecified atom stereocenters. The molecule has 1 aliphatic rings. The number of amides is 1. The topological polar surface area (TPSA) is 80.0 Å². The third-order valence-electron chi connectivity index (χ3n) is 5.23. The summed E-state index contributed by atoms with van der Waals surface area (Å²) < 4.78 is 25.4. The number of hydrogen-bond donors (Lipinski definition) is 1. The summed E-state index contributed by atoms with van der Waals surface area (Å²) in [6, 6.07) is 16.3. The fraction of sp³-hybridized carbons (Fsp3) is 0.261. The zero-order valence-electron chi connectivity index (χ0n) is 17.3. The number of carbonyl (C=O) groups is 1. The van der Waals surface area contributed by atoms with Gasteiger partial charge in [-0.25, -0.2) is 4.39 Å². The minimum atomic E-state index is -0.285. The number of hydrogen-bond acceptors (Lipinski definition) is 6. The van der Waals surface area contributed by atoms with Gasteiger partial charge >= 0.3 is 0 Å². The number of nitrogens with one attached hydrogen (secondary N) is 1. The zero-order chi connectivity index (χ0) is 21.8. The number of aromatic nitrogens is 1. The largest absolute Gasteiger partial charge is 0.483 e. The van der Waals surface area contributed by atoms with Gasteiger partial charge < -0.3 is 14.6 Å². The molecule has 1 aromatic heterocycles. The molecule has 1 atom stereocenters. The molecule has 0 spiro atoms. The van der Waals surface area contributed by atoms with Gasteiger partial charge in [-0.15, -0.1) is 0 Å². The SMILES string of the molecule is COC(CN1CNC(=O)C1)=Nc1cc(C(C)c2ccc(-c3ccccc3)c(F)c2)no1. The number of rotatable bonds is 6. The van der Waals surface area contributed by atoms with Gasteiger partial charge in [-0.05, 0) is 17.2 Å². The lowest BCUT2D eigenvalue weighted by Crippen LogP contribution is -2.29. The first-order valence-corrected chi connectivity index (χ1v) is 9.95. The molecule has 1 N–H and O–H groups in total. The van der Waals surface area contributed by atoms with Crippen LogP contribution < -0.4 is 5.32 Å². The molecule has 160 valence electrons. The fourth-order valence-electron chi connectivity index (χ4n) is 3.45. The Morgan fingerprint density at radius 3 is 2.77 bits per heavy atom. The van der Waals surface area contributed by atoms with Crippen molar-refractivity contribution in [3.63, 3.8) is 0 Å². The van der Waals surface area contributed by atoms with E-state index in [1.54, 1.807) is 12.1 Å². The number of aliphatic imine (C=N–C) groups is 1. The Kier molecular flexibility index (Phi) is 6.08. The number of carbonyl (C=O) groups excluding carboxylic acids is 1. The summed E-state index contributed by atoms with van der Waals surface area (Å²) in [6.07, 6.45) is 0. The van der Waals surface area contributed by atoms with Crippen LogP contribution in [0.1, 0.15) is 24.1 Å². The number of halogens is 1. The first-order valence-electron chi connectivity index (χ1n) is 9.95. The molecule has 2 aromatic carbocycles. The number of methoxy groups -OCH3 is 1. The van der Waals surface area contributed by atoms with E-state index in [-0.39, 0.29) is 17.6 Å². The molecule has 1 aliphatic heterocycles. The van der Waals surface area contributed by atoms with E-state index in [9.17, 15) is 9.18 Å². The van der Waals surface area contributed by atoms with Gasteiger partial charge in [0.1, 0.15) is 5.82 Å². The summed E-state index contributed by atoms with van der Waals surface area (Å²) in [5.41, 5.74) is 2.81. The summed E-state index contributed by atoms with van der Waals surface area (Å²) >= 11 is 0. The molecule has 3 aromatic rings. The molecule has 1 saturated heterocycles. The van der Waals surface area contributed by atoms with Crippen molar-refractivity contribution in [2.45, 2.75) is 12.8 Å². The number of ether oxygens (including phenoxy) is 1. The second-order valence-electron chi connectivity index (χ2n) is 7.37. The molecule has 0 radical (unpaired) electrons. The van der Waals surface area contributed by atoms with E-state index in [0.29, 0.717) is 42.8 Å². The Labute approximate surface area is 179 Å². The Hall–Kier alpha value is -3.52. The molecule has 0 saturated carbocycles. The molecule has 0 bridgehead atoms. The van der Waals surface area contributed by atoms with Crippen molar-refractivity contribution in [1.82, 2.24) is 15.4 Å². The van der Waals surface area contributed by atoms with Crippen molar-refractivity contribution in [2.24, 2.45) is 4.99 Å². The lowest BCUT2D eigenvalue weighted by molar-refractivity contribution is -0.118. The van der Waals surface area contributed by atoms with Crippen molar-refractivity contribution in [3.8, 4) is 11.1 Å². The van der Waals surface area contributed by atoms with E-state index in [1.165, 1.54) is 13.2 Å². The van der Waals surface area contributed by atoms with Gasteiger partial charge in [-0.1, -0.05) is 54.5 Å². The van der Waals surface area contributed by atoms with Crippen LogP contribution in [0.4, 0.5) is 10.3 Å². The van der Waals surface area contributed by atoms with Crippen molar-refractivity contribution in [2.75, 3.05) is 26.9 Å². The van der Waals surface area contributed by atoms with Crippen LogP contribution in [0.3, 0.4) is 0 Å². The monoisotopic (exact) mass is 422 g/mol. The van der Waals surface area contributed by atoms with Gasteiger partial charge in [-0.3, -0.25) is 9.69 Å².